The van der Waals surface area contributed by atoms with E-state index in [0.717, 1.165) is 19.3 Å². The van der Waals surface area contributed by atoms with Crippen LogP contribution in [-0.4, -0.2) is 23.0 Å². The van der Waals surface area contributed by atoms with Gasteiger partial charge in [-0.15, -0.1) is 0 Å². The number of carboxylic acids is 1. The molecular weight excluding hydrogens is 290 g/mol. The fraction of sp³-hybridized carbons (Fsp3) is 0.579. The summed E-state index contributed by atoms with van der Waals surface area (Å²) in [5.41, 5.74) is 2.55. The van der Waals surface area contributed by atoms with E-state index in [0.29, 0.717) is 12.3 Å². The van der Waals surface area contributed by atoms with Crippen LogP contribution in [0.2, 0.25) is 0 Å². The molecule has 1 aromatic carbocycles. The van der Waals surface area contributed by atoms with Crippen LogP contribution in [0.25, 0.3) is 0 Å². The van der Waals surface area contributed by atoms with Crippen LogP contribution in [-0.2, 0) is 16.0 Å². The maximum Gasteiger partial charge on any atom is 0.326 e. The van der Waals surface area contributed by atoms with Gasteiger partial charge in [-0.05, 0) is 42.2 Å². The van der Waals surface area contributed by atoms with Gasteiger partial charge in [0, 0.05) is 6.42 Å². The Kier molecular flexibility index (Phi) is 7.79. The van der Waals surface area contributed by atoms with E-state index >= 15 is 0 Å². The summed E-state index contributed by atoms with van der Waals surface area (Å²) in [4.78, 5) is 22.9. The Morgan fingerprint density at radius 3 is 2.22 bits per heavy atom. The van der Waals surface area contributed by atoms with Crippen LogP contribution >= 0.6 is 0 Å². The Morgan fingerprint density at radius 2 is 1.74 bits per heavy atom. The highest BCUT2D eigenvalue weighted by Crippen LogP contribution is 2.19. The third kappa shape index (κ3) is 6.43. The molecule has 0 radical (unpaired) electrons. The van der Waals surface area contributed by atoms with Crippen molar-refractivity contribution in [2.24, 2.45) is 5.92 Å². The Morgan fingerprint density at radius 1 is 1.13 bits per heavy atom. The second-order valence-corrected chi connectivity index (χ2v) is 6.53. The van der Waals surface area contributed by atoms with E-state index in [1.54, 1.807) is 13.8 Å². The number of hydrogen-bond donors (Lipinski definition) is 2. The smallest absolute Gasteiger partial charge is 0.326 e. The Balaban J connectivity index is 2.41. The molecule has 0 bridgehead atoms. The standard InChI is InChI=1S/C19H29NO3/c1-5-14(4)16-11-9-15(10-12-16)7-6-8-17(21)20-18(13(2)3)19(22)23/h9-14,18H,5-8H2,1-4H3,(H,20,21)(H,22,23). The molecule has 2 N–H and O–H groups in total. The van der Waals surface area contributed by atoms with E-state index in [1.807, 2.05) is 0 Å². The van der Waals surface area contributed by atoms with Gasteiger partial charge in [-0.1, -0.05) is 52.0 Å². The normalized spacial score (nSPS) is 13.6. The van der Waals surface area contributed by atoms with E-state index in [1.165, 1.54) is 11.1 Å². The first-order valence-electron chi connectivity index (χ1n) is 8.46. The molecule has 0 saturated carbocycles. The fourth-order valence-corrected chi connectivity index (χ4v) is 2.46. The maximum atomic E-state index is 11.9. The predicted octanol–water partition coefficient (Wildman–Crippen LogP) is 3.75. The number of nitrogens with one attached hydrogen (secondary N) is 1. The number of hydrogen-bond acceptors (Lipinski definition) is 2. The van der Waals surface area contributed by atoms with Gasteiger partial charge in [-0.3, -0.25) is 4.79 Å². The summed E-state index contributed by atoms with van der Waals surface area (Å²) in [5, 5.41) is 11.7. The summed E-state index contributed by atoms with van der Waals surface area (Å²) in [6, 6.07) is 7.74. The molecule has 2 unspecified atom stereocenters. The summed E-state index contributed by atoms with van der Waals surface area (Å²) in [6.45, 7) is 7.97. The van der Waals surface area contributed by atoms with Gasteiger partial charge in [0.1, 0.15) is 6.04 Å². The zero-order chi connectivity index (χ0) is 17.4. The fourth-order valence-electron chi connectivity index (χ4n) is 2.46. The molecule has 0 aliphatic carbocycles. The second kappa shape index (κ2) is 9.33. The van der Waals surface area contributed by atoms with E-state index in [-0.39, 0.29) is 11.8 Å². The van der Waals surface area contributed by atoms with Crippen molar-refractivity contribution in [2.45, 2.75) is 65.3 Å². The van der Waals surface area contributed by atoms with E-state index in [4.69, 9.17) is 5.11 Å². The lowest BCUT2D eigenvalue weighted by Gasteiger charge is -2.17. The summed E-state index contributed by atoms with van der Waals surface area (Å²) in [5.74, 6) is -0.723. The molecule has 23 heavy (non-hydrogen) atoms. The van der Waals surface area contributed by atoms with Crippen LogP contribution in [0.1, 0.15) is 64.0 Å². The summed E-state index contributed by atoms with van der Waals surface area (Å²) >= 11 is 0. The van der Waals surface area contributed by atoms with Crippen molar-refractivity contribution in [2.75, 3.05) is 0 Å². The number of carbonyl (C=O) groups excluding carboxylic acids is 1. The zero-order valence-corrected chi connectivity index (χ0v) is 14.6. The number of carboxylic acid groups (broad SMARTS) is 1. The second-order valence-electron chi connectivity index (χ2n) is 6.53. The van der Waals surface area contributed by atoms with Crippen molar-refractivity contribution in [1.82, 2.24) is 5.32 Å². The van der Waals surface area contributed by atoms with Crippen LogP contribution < -0.4 is 5.32 Å². The van der Waals surface area contributed by atoms with Gasteiger partial charge in [-0.2, -0.15) is 0 Å². The minimum Gasteiger partial charge on any atom is -0.480 e. The van der Waals surface area contributed by atoms with Crippen LogP contribution in [0.4, 0.5) is 0 Å². The highest BCUT2D eigenvalue weighted by molar-refractivity contribution is 5.83. The molecule has 0 heterocycles. The highest BCUT2D eigenvalue weighted by Gasteiger charge is 2.22. The first-order valence-corrected chi connectivity index (χ1v) is 8.46. The monoisotopic (exact) mass is 319 g/mol. The van der Waals surface area contributed by atoms with Gasteiger partial charge in [-0.25, -0.2) is 4.79 Å². The van der Waals surface area contributed by atoms with Gasteiger partial charge >= 0.3 is 5.97 Å². The molecule has 1 aromatic rings. The third-order valence-corrected chi connectivity index (χ3v) is 4.28. The molecule has 0 spiro atoms. The Hall–Kier alpha value is -1.84. The van der Waals surface area contributed by atoms with Gasteiger partial charge in [0.2, 0.25) is 5.91 Å². The first kappa shape index (κ1) is 19.2. The van der Waals surface area contributed by atoms with Crippen LogP contribution in [0.15, 0.2) is 24.3 Å². The Bertz CT molecular complexity index is 508. The van der Waals surface area contributed by atoms with Gasteiger partial charge in [0.25, 0.3) is 0 Å². The molecule has 0 aromatic heterocycles. The SMILES string of the molecule is CCC(C)c1ccc(CCCC(=O)NC(C(=O)O)C(C)C)cc1. The summed E-state index contributed by atoms with van der Waals surface area (Å²) < 4.78 is 0. The molecular formula is C19H29NO3. The molecule has 0 saturated heterocycles. The highest BCUT2D eigenvalue weighted by atomic mass is 16.4. The average Bonchev–Trinajstić information content (AvgIpc) is 2.52. The Labute approximate surface area is 139 Å². The third-order valence-electron chi connectivity index (χ3n) is 4.28. The molecule has 0 aliphatic heterocycles. The van der Waals surface area contributed by atoms with Crippen LogP contribution in [0, 0.1) is 5.92 Å². The van der Waals surface area contributed by atoms with Crippen LogP contribution in [0.3, 0.4) is 0 Å². The van der Waals surface area contributed by atoms with Crippen molar-refractivity contribution in [3.63, 3.8) is 0 Å². The summed E-state index contributed by atoms with van der Waals surface area (Å²) in [6.07, 6.45) is 3.02. The van der Waals surface area contributed by atoms with Crippen LogP contribution in [0.5, 0.6) is 0 Å². The number of carbonyl (C=O) groups is 2. The molecule has 4 heteroatoms. The van der Waals surface area contributed by atoms with E-state index in [2.05, 4.69) is 43.4 Å². The zero-order valence-electron chi connectivity index (χ0n) is 14.6. The molecule has 4 nitrogen and oxygen atoms in total. The maximum absolute atomic E-state index is 11.9. The number of rotatable bonds is 9. The van der Waals surface area contributed by atoms with Crippen molar-refractivity contribution in [1.29, 1.82) is 0 Å². The average molecular weight is 319 g/mol. The number of benzene rings is 1. The van der Waals surface area contributed by atoms with Gasteiger partial charge in [0.15, 0.2) is 0 Å². The van der Waals surface area contributed by atoms with Crippen molar-refractivity contribution < 1.29 is 14.7 Å². The topological polar surface area (TPSA) is 66.4 Å². The molecule has 1 amide bonds. The quantitative estimate of drug-likeness (QED) is 0.728. The first-order chi connectivity index (χ1) is 10.8. The van der Waals surface area contributed by atoms with Crippen molar-refractivity contribution in [3.05, 3.63) is 35.4 Å². The van der Waals surface area contributed by atoms with Gasteiger partial charge in [0.05, 0.1) is 0 Å². The van der Waals surface area contributed by atoms with E-state index in [9.17, 15) is 9.59 Å². The number of amides is 1. The number of aryl methyl sites for hydroxylation is 1. The molecule has 0 fully saturated rings. The predicted molar refractivity (Wildman–Crippen MR) is 92.5 cm³/mol. The van der Waals surface area contributed by atoms with Gasteiger partial charge < -0.3 is 10.4 Å². The lowest BCUT2D eigenvalue weighted by Crippen LogP contribution is -2.44. The largest absolute Gasteiger partial charge is 0.480 e. The van der Waals surface area contributed by atoms with E-state index < -0.39 is 12.0 Å². The van der Waals surface area contributed by atoms with Crippen molar-refractivity contribution >= 4 is 11.9 Å². The minimum atomic E-state index is -0.978. The number of aliphatic carboxylic acids is 1. The lowest BCUT2D eigenvalue weighted by atomic mass is 9.96. The molecule has 128 valence electrons. The minimum absolute atomic E-state index is 0.121. The molecule has 0 aliphatic rings. The summed E-state index contributed by atoms with van der Waals surface area (Å²) in [7, 11) is 0. The molecule has 2 atom stereocenters. The lowest BCUT2D eigenvalue weighted by molar-refractivity contribution is -0.143. The molecule has 1 rings (SSSR count). The van der Waals surface area contributed by atoms with Crippen molar-refractivity contribution in [3.8, 4) is 0 Å².